The molecule has 9 nitrogen and oxygen atoms in total. The lowest BCUT2D eigenvalue weighted by Gasteiger charge is -2.10. The third-order valence-electron chi connectivity index (χ3n) is 3.85. The molecule has 28 heavy (non-hydrogen) atoms. The van der Waals surface area contributed by atoms with Crippen molar-refractivity contribution in [1.29, 1.82) is 0 Å². The van der Waals surface area contributed by atoms with Crippen molar-refractivity contribution in [3.8, 4) is 0 Å². The molecule has 0 heterocycles. The van der Waals surface area contributed by atoms with Crippen molar-refractivity contribution < 1.29 is 22.9 Å². The van der Waals surface area contributed by atoms with Crippen LogP contribution in [0.4, 0.5) is 11.4 Å². The molecule has 1 amide bonds. The Kier molecular flexibility index (Phi) is 7.07. The molecule has 0 aromatic heterocycles. The summed E-state index contributed by atoms with van der Waals surface area (Å²) >= 11 is 0. The van der Waals surface area contributed by atoms with E-state index >= 15 is 0 Å². The summed E-state index contributed by atoms with van der Waals surface area (Å²) in [5, 5.41) is 16.7. The van der Waals surface area contributed by atoms with Gasteiger partial charge in [-0.15, -0.1) is 0 Å². The van der Waals surface area contributed by atoms with Gasteiger partial charge >= 0.3 is 0 Å². The van der Waals surface area contributed by atoms with Crippen LogP contribution >= 0.6 is 0 Å². The fourth-order valence-corrected chi connectivity index (χ4v) is 3.08. The molecule has 2 aromatic rings. The maximum Gasteiger partial charge on any atom is 0.293 e. The normalized spacial score (nSPS) is 11.1. The first-order valence-corrected chi connectivity index (χ1v) is 10.2. The molecule has 0 fully saturated rings. The molecule has 0 spiro atoms. The predicted octanol–water partition coefficient (Wildman–Crippen LogP) is 1.99. The summed E-state index contributed by atoms with van der Waals surface area (Å²) in [5.41, 5.74) is 1.27. The van der Waals surface area contributed by atoms with Crippen LogP contribution in [0.1, 0.15) is 15.9 Å². The van der Waals surface area contributed by atoms with Crippen molar-refractivity contribution in [3.05, 3.63) is 63.7 Å². The summed E-state index contributed by atoms with van der Waals surface area (Å²) in [6, 6.07) is 10.6. The van der Waals surface area contributed by atoms with Gasteiger partial charge in [-0.25, -0.2) is 8.42 Å². The number of carbonyl (C=O) groups is 1. The average Bonchev–Trinajstić information content (AvgIpc) is 2.65. The van der Waals surface area contributed by atoms with Gasteiger partial charge in [0.25, 0.3) is 11.6 Å². The highest BCUT2D eigenvalue weighted by molar-refractivity contribution is 7.90. The molecule has 0 atom stereocenters. The number of anilines is 1. The molecule has 0 aliphatic carbocycles. The van der Waals surface area contributed by atoms with Crippen LogP contribution in [-0.4, -0.2) is 45.7 Å². The first-order valence-electron chi connectivity index (χ1n) is 8.31. The fourth-order valence-electron chi connectivity index (χ4n) is 2.44. The van der Waals surface area contributed by atoms with E-state index in [1.165, 1.54) is 12.1 Å². The van der Waals surface area contributed by atoms with E-state index in [0.717, 1.165) is 17.9 Å². The van der Waals surface area contributed by atoms with E-state index in [2.05, 4.69) is 10.6 Å². The number of nitrogens with zero attached hydrogens (tertiary/aromatic N) is 1. The third kappa shape index (κ3) is 5.76. The fraction of sp³-hybridized carbons (Fsp3) is 0.278. The zero-order valence-corrected chi connectivity index (χ0v) is 16.3. The number of carbonyl (C=O) groups excluding carboxylic acids is 1. The Labute approximate surface area is 162 Å². The summed E-state index contributed by atoms with van der Waals surface area (Å²) in [4.78, 5) is 22.5. The molecule has 0 bridgehead atoms. The second-order valence-corrected chi connectivity index (χ2v) is 8.04. The molecule has 0 aliphatic rings. The molecular formula is C18H21N3O6S. The van der Waals surface area contributed by atoms with Crippen LogP contribution in [0.2, 0.25) is 0 Å². The predicted molar refractivity (Wildman–Crippen MR) is 104 cm³/mol. The van der Waals surface area contributed by atoms with Crippen molar-refractivity contribution in [2.24, 2.45) is 0 Å². The largest absolute Gasteiger partial charge is 0.380 e. The van der Waals surface area contributed by atoms with Gasteiger partial charge in [0.2, 0.25) is 0 Å². The number of nitro groups is 1. The van der Waals surface area contributed by atoms with Gasteiger partial charge in [0.05, 0.1) is 16.4 Å². The number of rotatable bonds is 9. The Morgan fingerprint density at radius 1 is 1.14 bits per heavy atom. The van der Waals surface area contributed by atoms with Gasteiger partial charge in [-0.05, 0) is 29.8 Å². The maximum absolute atomic E-state index is 12.1. The maximum atomic E-state index is 12.1. The highest BCUT2D eigenvalue weighted by Gasteiger charge is 2.18. The molecule has 0 radical (unpaired) electrons. The van der Waals surface area contributed by atoms with Crippen LogP contribution in [0.25, 0.3) is 0 Å². The standard InChI is InChI=1S/C18H21N3O6S/c1-27-12-13-3-5-14(6-4-13)18(22)20-10-9-19-16-8-7-15(28(2,25)26)11-17(16)21(23)24/h3-8,11,19H,9-10,12H2,1-2H3,(H,20,22). The van der Waals surface area contributed by atoms with Gasteiger partial charge in [0.15, 0.2) is 9.84 Å². The summed E-state index contributed by atoms with van der Waals surface area (Å²) < 4.78 is 28.1. The van der Waals surface area contributed by atoms with Crippen molar-refractivity contribution >= 4 is 27.1 Å². The van der Waals surface area contributed by atoms with Gasteiger partial charge in [0.1, 0.15) is 5.69 Å². The summed E-state index contributed by atoms with van der Waals surface area (Å²) in [7, 11) is -1.96. The lowest BCUT2D eigenvalue weighted by atomic mass is 10.1. The number of benzene rings is 2. The summed E-state index contributed by atoms with van der Waals surface area (Å²) in [5.74, 6) is -0.271. The van der Waals surface area contributed by atoms with Crippen LogP contribution in [0.15, 0.2) is 47.4 Å². The average molecular weight is 407 g/mol. The zero-order valence-electron chi connectivity index (χ0n) is 15.5. The Bertz CT molecular complexity index is 958. The molecular weight excluding hydrogens is 386 g/mol. The van der Waals surface area contributed by atoms with Crippen LogP contribution in [0.3, 0.4) is 0 Å². The van der Waals surface area contributed by atoms with E-state index in [1.54, 1.807) is 31.4 Å². The van der Waals surface area contributed by atoms with Gasteiger partial charge in [-0.1, -0.05) is 12.1 Å². The van der Waals surface area contributed by atoms with Gasteiger partial charge in [-0.3, -0.25) is 14.9 Å². The smallest absolute Gasteiger partial charge is 0.293 e. The number of ether oxygens (including phenoxy) is 1. The number of nitro benzene ring substituents is 1. The first-order chi connectivity index (χ1) is 13.2. The van der Waals surface area contributed by atoms with E-state index in [-0.39, 0.29) is 35.3 Å². The molecule has 2 aromatic carbocycles. The SMILES string of the molecule is COCc1ccc(C(=O)NCCNc2ccc(S(C)(=O)=O)cc2[N+](=O)[O-])cc1. The Morgan fingerprint density at radius 3 is 2.39 bits per heavy atom. The monoisotopic (exact) mass is 407 g/mol. The highest BCUT2D eigenvalue weighted by Crippen LogP contribution is 2.27. The van der Waals surface area contributed by atoms with Gasteiger partial charge < -0.3 is 15.4 Å². The van der Waals surface area contributed by atoms with E-state index in [0.29, 0.717) is 12.2 Å². The van der Waals surface area contributed by atoms with Crippen molar-refractivity contribution in [1.82, 2.24) is 5.32 Å². The Hall–Kier alpha value is -2.98. The second-order valence-electron chi connectivity index (χ2n) is 6.02. The minimum absolute atomic E-state index is 0.130. The van der Waals surface area contributed by atoms with E-state index in [4.69, 9.17) is 4.74 Å². The molecule has 0 saturated heterocycles. The number of sulfone groups is 1. The van der Waals surface area contributed by atoms with Crippen LogP contribution in [0.5, 0.6) is 0 Å². The minimum Gasteiger partial charge on any atom is -0.380 e. The Balaban J connectivity index is 1.94. The summed E-state index contributed by atoms with van der Waals surface area (Å²) in [6.07, 6.45) is 0.983. The number of hydrogen-bond acceptors (Lipinski definition) is 7. The third-order valence-corrected chi connectivity index (χ3v) is 4.96. The lowest BCUT2D eigenvalue weighted by molar-refractivity contribution is -0.384. The zero-order chi connectivity index (χ0) is 20.7. The van der Waals surface area contributed by atoms with E-state index in [9.17, 15) is 23.3 Å². The van der Waals surface area contributed by atoms with E-state index in [1.807, 2.05) is 0 Å². The van der Waals surface area contributed by atoms with Gasteiger partial charge in [0, 0.05) is 38.1 Å². The highest BCUT2D eigenvalue weighted by atomic mass is 32.2. The lowest BCUT2D eigenvalue weighted by Crippen LogP contribution is -2.28. The topological polar surface area (TPSA) is 128 Å². The number of amides is 1. The quantitative estimate of drug-likeness (QED) is 0.369. The van der Waals surface area contributed by atoms with Crippen LogP contribution in [0, 0.1) is 10.1 Å². The number of methoxy groups -OCH3 is 1. The summed E-state index contributed by atoms with van der Waals surface area (Å²) in [6.45, 7) is 0.916. The van der Waals surface area contributed by atoms with Crippen molar-refractivity contribution in [3.63, 3.8) is 0 Å². The van der Waals surface area contributed by atoms with E-state index < -0.39 is 14.8 Å². The first kappa shape index (κ1) is 21.3. The molecule has 0 aliphatic heterocycles. The molecule has 10 heteroatoms. The second kappa shape index (κ2) is 9.29. The van der Waals surface area contributed by atoms with Gasteiger partial charge in [-0.2, -0.15) is 0 Å². The molecule has 0 unspecified atom stereocenters. The Morgan fingerprint density at radius 2 is 1.82 bits per heavy atom. The molecule has 2 rings (SSSR count). The van der Waals surface area contributed by atoms with Crippen LogP contribution < -0.4 is 10.6 Å². The molecule has 0 saturated carbocycles. The minimum atomic E-state index is -3.55. The number of nitrogens with one attached hydrogen (secondary N) is 2. The van der Waals surface area contributed by atoms with Crippen molar-refractivity contribution in [2.45, 2.75) is 11.5 Å². The van der Waals surface area contributed by atoms with Crippen LogP contribution in [-0.2, 0) is 21.2 Å². The molecule has 2 N–H and O–H groups in total. The molecule has 150 valence electrons. The van der Waals surface area contributed by atoms with Crippen molar-refractivity contribution in [2.75, 3.05) is 31.8 Å². The number of hydrogen-bond donors (Lipinski definition) is 2.